The summed E-state index contributed by atoms with van der Waals surface area (Å²) in [5.41, 5.74) is -1.07. The second-order valence-electron chi connectivity index (χ2n) is 5.99. The Bertz CT molecular complexity index is 428. The monoisotopic (exact) mass is 261 g/mol. The minimum atomic E-state index is -3.02. The number of sulfone groups is 1. The van der Waals surface area contributed by atoms with Gasteiger partial charge in [0.2, 0.25) is 5.91 Å². The predicted molar refractivity (Wildman–Crippen MR) is 63.2 cm³/mol. The van der Waals surface area contributed by atoms with E-state index in [1.807, 2.05) is 0 Å². The molecule has 0 unspecified atom stereocenters. The third kappa shape index (κ3) is 3.19. The smallest absolute Gasteiger partial charge is 0.223 e. The number of hydrogen-bond donors (Lipinski definition) is 1. The highest BCUT2D eigenvalue weighted by atomic mass is 32.2. The van der Waals surface area contributed by atoms with E-state index in [0.29, 0.717) is 19.5 Å². The van der Waals surface area contributed by atoms with Crippen LogP contribution in [0.5, 0.6) is 0 Å². The van der Waals surface area contributed by atoms with Gasteiger partial charge in [-0.3, -0.25) is 4.79 Å². The van der Waals surface area contributed by atoms with Crippen molar-refractivity contribution in [2.75, 3.05) is 25.1 Å². The van der Waals surface area contributed by atoms with Crippen LogP contribution in [0.4, 0.5) is 0 Å². The number of carbonyl (C=O) groups excluding carboxylic acids is 1. The predicted octanol–water partition coefficient (Wildman–Crippen LogP) is -0.206. The van der Waals surface area contributed by atoms with Crippen LogP contribution in [-0.4, -0.2) is 55.0 Å². The zero-order valence-electron chi connectivity index (χ0n) is 10.3. The average molecular weight is 261 g/mol. The van der Waals surface area contributed by atoms with Crippen molar-refractivity contribution in [1.29, 1.82) is 0 Å². The number of amides is 1. The summed E-state index contributed by atoms with van der Waals surface area (Å²) in [6, 6.07) is 0. The lowest BCUT2D eigenvalue weighted by Crippen LogP contribution is -2.62. The lowest BCUT2D eigenvalue weighted by Gasteiger charge is -2.44. The third-order valence-corrected chi connectivity index (χ3v) is 4.60. The van der Waals surface area contributed by atoms with Crippen LogP contribution in [0.1, 0.15) is 26.2 Å². The molecule has 2 fully saturated rings. The van der Waals surface area contributed by atoms with Gasteiger partial charge in [0.15, 0.2) is 0 Å². The number of rotatable bonds is 4. The van der Waals surface area contributed by atoms with E-state index < -0.39 is 15.4 Å². The van der Waals surface area contributed by atoms with E-state index in [-0.39, 0.29) is 17.1 Å². The number of β-amino-alcohol motifs (C(OH)–C–C–N with tert-alkyl or cyclic N) is 1. The Kier molecular flexibility index (Phi) is 2.78. The van der Waals surface area contributed by atoms with Gasteiger partial charge in [-0.05, 0) is 25.2 Å². The average Bonchev–Trinajstić information content (AvgIpc) is 2.76. The molecule has 0 atom stereocenters. The Hall–Kier alpha value is -0.620. The molecular formula is C11H19NO4S. The van der Waals surface area contributed by atoms with Gasteiger partial charge >= 0.3 is 0 Å². The molecule has 1 N–H and O–H groups in total. The number of nitrogens with zero attached hydrogens (tertiary/aromatic N) is 1. The van der Waals surface area contributed by atoms with Crippen molar-refractivity contribution in [2.24, 2.45) is 5.41 Å². The highest BCUT2D eigenvalue weighted by molar-refractivity contribution is 7.90. The molecule has 1 amide bonds. The van der Waals surface area contributed by atoms with Crippen LogP contribution in [0, 0.1) is 5.41 Å². The first kappa shape index (κ1) is 12.8. The molecule has 0 spiro atoms. The molecule has 0 radical (unpaired) electrons. The van der Waals surface area contributed by atoms with Gasteiger partial charge in [0, 0.05) is 12.7 Å². The summed E-state index contributed by atoms with van der Waals surface area (Å²) >= 11 is 0. The van der Waals surface area contributed by atoms with Gasteiger partial charge in [0.1, 0.15) is 9.84 Å². The second kappa shape index (κ2) is 3.68. The van der Waals surface area contributed by atoms with Crippen LogP contribution in [-0.2, 0) is 14.6 Å². The highest BCUT2D eigenvalue weighted by Gasteiger charge is 2.49. The molecule has 0 aromatic rings. The van der Waals surface area contributed by atoms with E-state index >= 15 is 0 Å². The summed E-state index contributed by atoms with van der Waals surface area (Å²) in [6.45, 7) is 2.42. The van der Waals surface area contributed by atoms with Gasteiger partial charge in [0.05, 0.1) is 24.4 Å². The molecule has 1 aliphatic heterocycles. The van der Waals surface area contributed by atoms with Gasteiger partial charge in [-0.15, -0.1) is 0 Å². The van der Waals surface area contributed by atoms with Gasteiger partial charge in [-0.25, -0.2) is 8.42 Å². The molecule has 6 heteroatoms. The van der Waals surface area contributed by atoms with Crippen molar-refractivity contribution in [1.82, 2.24) is 4.90 Å². The minimum Gasteiger partial charge on any atom is -0.386 e. The lowest BCUT2D eigenvalue weighted by atomic mass is 9.94. The molecule has 1 aliphatic carbocycles. The molecule has 98 valence electrons. The molecule has 5 nitrogen and oxygen atoms in total. The normalized spacial score (nSPS) is 25.2. The van der Waals surface area contributed by atoms with Gasteiger partial charge < -0.3 is 10.0 Å². The molecule has 0 aromatic carbocycles. The summed E-state index contributed by atoms with van der Waals surface area (Å²) in [7, 11) is -3.02. The Morgan fingerprint density at radius 1 is 1.35 bits per heavy atom. The van der Waals surface area contributed by atoms with E-state index in [4.69, 9.17) is 0 Å². The second-order valence-corrected chi connectivity index (χ2v) is 8.13. The topological polar surface area (TPSA) is 74.7 Å². The fourth-order valence-electron chi connectivity index (χ4n) is 2.49. The number of hydrogen-bond acceptors (Lipinski definition) is 4. The van der Waals surface area contributed by atoms with Gasteiger partial charge in [-0.1, -0.05) is 0 Å². The summed E-state index contributed by atoms with van der Waals surface area (Å²) in [5, 5.41) is 9.54. The van der Waals surface area contributed by atoms with Crippen molar-refractivity contribution in [3.05, 3.63) is 0 Å². The molecule has 17 heavy (non-hydrogen) atoms. The van der Waals surface area contributed by atoms with Crippen LogP contribution in [0.2, 0.25) is 0 Å². The van der Waals surface area contributed by atoms with E-state index in [9.17, 15) is 18.3 Å². The Labute approximate surface area is 102 Å². The van der Waals surface area contributed by atoms with Crippen molar-refractivity contribution in [3.63, 3.8) is 0 Å². The van der Waals surface area contributed by atoms with Crippen molar-refractivity contribution >= 4 is 15.7 Å². The highest BCUT2D eigenvalue weighted by Crippen LogP contribution is 2.50. The molecule has 1 heterocycles. The summed E-state index contributed by atoms with van der Waals surface area (Å²) in [6.07, 6.45) is 3.15. The van der Waals surface area contributed by atoms with E-state index in [1.54, 1.807) is 11.8 Å². The Morgan fingerprint density at radius 2 is 1.88 bits per heavy atom. The van der Waals surface area contributed by atoms with Crippen molar-refractivity contribution in [3.8, 4) is 0 Å². The van der Waals surface area contributed by atoms with Crippen LogP contribution < -0.4 is 0 Å². The maximum Gasteiger partial charge on any atom is 0.223 e. The summed E-state index contributed by atoms with van der Waals surface area (Å²) in [4.78, 5) is 13.5. The number of carbonyl (C=O) groups is 1. The van der Waals surface area contributed by atoms with Gasteiger partial charge in [0.25, 0.3) is 0 Å². The maximum atomic E-state index is 11.9. The van der Waals surface area contributed by atoms with Crippen molar-refractivity contribution in [2.45, 2.75) is 31.8 Å². The zero-order chi connectivity index (χ0) is 12.9. The molecular weight excluding hydrogens is 242 g/mol. The lowest BCUT2D eigenvalue weighted by molar-refractivity contribution is -0.153. The van der Waals surface area contributed by atoms with E-state index in [1.165, 1.54) is 6.26 Å². The van der Waals surface area contributed by atoms with Gasteiger partial charge in [-0.2, -0.15) is 0 Å². The SMILES string of the molecule is CC1(O)CN(C(=O)CC2(CS(C)(=O)=O)CC2)C1. The maximum absolute atomic E-state index is 11.9. The molecule has 2 rings (SSSR count). The van der Waals surface area contributed by atoms with E-state index in [0.717, 1.165) is 12.8 Å². The zero-order valence-corrected chi connectivity index (χ0v) is 11.1. The van der Waals surface area contributed by atoms with Crippen LogP contribution in [0.25, 0.3) is 0 Å². The van der Waals surface area contributed by atoms with Crippen LogP contribution >= 0.6 is 0 Å². The molecule has 0 bridgehead atoms. The quantitative estimate of drug-likeness (QED) is 0.760. The Balaban J connectivity index is 1.88. The molecule has 0 aromatic heterocycles. The van der Waals surface area contributed by atoms with Crippen molar-refractivity contribution < 1.29 is 18.3 Å². The first-order valence-electron chi connectivity index (χ1n) is 5.79. The fraction of sp³-hybridized carbons (Fsp3) is 0.909. The molecule has 2 aliphatic rings. The molecule has 1 saturated carbocycles. The summed E-state index contributed by atoms with van der Waals surface area (Å²) in [5.74, 6) is 0.0772. The summed E-state index contributed by atoms with van der Waals surface area (Å²) < 4.78 is 22.5. The number of aliphatic hydroxyl groups is 1. The first-order valence-corrected chi connectivity index (χ1v) is 7.85. The largest absolute Gasteiger partial charge is 0.386 e. The molecule has 1 saturated heterocycles. The van der Waals surface area contributed by atoms with Crippen LogP contribution in [0.3, 0.4) is 0 Å². The standard InChI is InChI=1S/C11H19NO4S/c1-10(14)6-12(7-10)9(13)5-11(3-4-11)8-17(2,15)16/h14H,3-8H2,1-2H3. The minimum absolute atomic E-state index is 0.0299. The third-order valence-electron chi connectivity index (χ3n) is 3.47. The number of likely N-dealkylation sites (tertiary alicyclic amines) is 1. The van der Waals surface area contributed by atoms with Crippen LogP contribution in [0.15, 0.2) is 0 Å². The first-order chi connectivity index (χ1) is 7.61. The van der Waals surface area contributed by atoms with E-state index in [2.05, 4.69) is 0 Å². The Morgan fingerprint density at radius 3 is 2.24 bits per heavy atom. The fourth-order valence-corrected chi connectivity index (χ4v) is 3.99.